The Bertz CT molecular complexity index is 402. The molecule has 4 heteroatoms. The topological polar surface area (TPSA) is 61.6 Å². The number of nitriles is 1. The molecular formula is C12H16N4. The molecule has 0 amide bonds. The molecule has 4 nitrogen and oxygen atoms in total. The summed E-state index contributed by atoms with van der Waals surface area (Å²) in [5, 5.41) is 12.0. The van der Waals surface area contributed by atoms with Gasteiger partial charge >= 0.3 is 0 Å². The fourth-order valence-electron chi connectivity index (χ4n) is 2.05. The van der Waals surface area contributed by atoms with Gasteiger partial charge in [-0.2, -0.15) is 5.26 Å². The van der Waals surface area contributed by atoms with E-state index in [9.17, 15) is 0 Å². The van der Waals surface area contributed by atoms with Crippen LogP contribution < -0.4 is 5.32 Å². The maximum Gasteiger partial charge on any atom is 0.223 e. The van der Waals surface area contributed by atoms with Crippen LogP contribution in [0.3, 0.4) is 0 Å². The molecule has 1 fully saturated rings. The normalized spacial score (nSPS) is 16.0. The molecule has 1 heterocycles. The van der Waals surface area contributed by atoms with Crippen LogP contribution in [0.5, 0.6) is 0 Å². The predicted molar refractivity (Wildman–Crippen MR) is 62.0 cm³/mol. The Balaban J connectivity index is 2.09. The van der Waals surface area contributed by atoms with E-state index in [4.69, 9.17) is 5.26 Å². The molecule has 0 spiro atoms. The highest BCUT2D eigenvalue weighted by molar-refractivity contribution is 5.31. The first-order chi connectivity index (χ1) is 7.79. The molecule has 1 aliphatic carbocycles. The van der Waals surface area contributed by atoms with Crippen LogP contribution in [0.25, 0.3) is 0 Å². The molecule has 1 aromatic rings. The van der Waals surface area contributed by atoms with Crippen molar-refractivity contribution in [3.05, 3.63) is 17.5 Å². The number of anilines is 1. The highest BCUT2D eigenvalue weighted by Crippen LogP contribution is 2.20. The van der Waals surface area contributed by atoms with Crippen LogP contribution in [0, 0.1) is 18.3 Å². The third-order valence-electron chi connectivity index (χ3n) is 3.01. The van der Waals surface area contributed by atoms with E-state index < -0.39 is 0 Å². The maximum absolute atomic E-state index is 8.69. The summed E-state index contributed by atoms with van der Waals surface area (Å²) in [6.07, 6.45) is 7.11. The van der Waals surface area contributed by atoms with Crippen molar-refractivity contribution >= 4 is 5.95 Å². The largest absolute Gasteiger partial charge is 0.351 e. The lowest BCUT2D eigenvalue weighted by Gasteiger charge is -2.12. The first-order valence-corrected chi connectivity index (χ1v) is 5.75. The molecule has 0 atom stereocenters. The van der Waals surface area contributed by atoms with E-state index in [0.717, 1.165) is 11.3 Å². The van der Waals surface area contributed by atoms with Gasteiger partial charge < -0.3 is 5.32 Å². The van der Waals surface area contributed by atoms with Crippen molar-refractivity contribution in [2.45, 2.75) is 45.1 Å². The van der Waals surface area contributed by atoms with Gasteiger partial charge in [-0.3, -0.25) is 0 Å². The van der Waals surface area contributed by atoms with E-state index in [0.29, 0.717) is 18.4 Å². The molecule has 0 unspecified atom stereocenters. The second-order valence-electron chi connectivity index (χ2n) is 4.28. The van der Waals surface area contributed by atoms with Gasteiger partial charge in [0.05, 0.1) is 18.2 Å². The quantitative estimate of drug-likeness (QED) is 0.841. The molecule has 16 heavy (non-hydrogen) atoms. The van der Waals surface area contributed by atoms with Crippen molar-refractivity contribution in [3.63, 3.8) is 0 Å². The zero-order chi connectivity index (χ0) is 11.4. The zero-order valence-corrected chi connectivity index (χ0v) is 9.53. The minimum absolute atomic E-state index is 0.355. The summed E-state index contributed by atoms with van der Waals surface area (Å²) in [6.45, 7) is 1.94. The van der Waals surface area contributed by atoms with Gasteiger partial charge in [0.1, 0.15) is 0 Å². The summed E-state index contributed by atoms with van der Waals surface area (Å²) < 4.78 is 0. The van der Waals surface area contributed by atoms with Crippen molar-refractivity contribution in [1.82, 2.24) is 9.97 Å². The Hall–Kier alpha value is -1.63. The van der Waals surface area contributed by atoms with Gasteiger partial charge in [-0.25, -0.2) is 9.97 Å². The van der Waals surface area contributed by atoms with Crippen molar-refractivity contribution < 1.29 is 0 Å². The summed E-state index contributed by atoms with van der Waals surface area (Å²) in [5.41, 5.74) is 1.82. The predicted octanol–water partition coefficient (Wildman–Crippen LogP) is 2.21. The van der Waals surface area contributed by atoms with E-state index >= 15 is 0 Å². The van der Waals surface area contributed by atoms with Crippen LogP contribution in [0.1, 0.15) is 36.9 Å². The fraction of sp³-hybridized carbons (Fsp3) is 0.583. The molecule has 0 aliphatic heterocycles. The molecule has 1 aromatic heterocycles. The SMILES string of the molecule is Cc1cnc(NC2CCCC2)nc1CC#N. The van der Waals surface area contributed by atoms with Gasteiger partial charge in [0.25, 0.3) is 0 Å². The molecule has 0 radical (unpaired) electrons. The number of hydrogen-bond donors (Lipinski definition) is 1. The number of nitrogens with zero attached hydrogens (tertiary/aromatic N) is 3. The maximum atomic E-state index is 8.69. The van der Waals surface area contributed by atoms with E-state index in [1.807, 2.05) is 6.92 Å². The van der Waals surface area contributed by atoms with E-state index in [-0.39, 0.29) is 0 Å². The van der Waals surface area contributed by atoms with Gasteiger partial charge in [0.15, 0.2) is 0 Å². The van der Waals surface area contributed by atoms with Crippen LogP contribution in [0.2, 0.25) is 0 Å². The number of hydrogen-bond acceptors (Lipinski definition) is 4. The molecule has 84 valence electrons. The molecular weight excluding hydrogens is 200 g/mol. The lowest BCUT2D eigenvalue weighted by molar-refractivity contribution is 0.741. The van der Waals surface area contributed by atoms with E-state index in [1.54, 1.807) is 6.20 Å². The van der Waals surface area contributed by atoms with Gasteiger partial charge in [-0.1, -0.05) is 12.8 Å². The second-order valence-corrected chi connectivity index (χ2v) is 4.28. The average molecular weight is 216 g/mol. The Morgan fingerprint density at radius 3 is 2.94 bits per heavy atom. The summed E-state index contributed by atoms with van der Waals surface area (Å²) in [7, 11) is 0. The second kappa shape index (κ2) is 4.93. The summed E-state index contributed by atoms with van der Waals surface area (Å²) in [6, 6.07) is 2.64. The fourth-order valence-corrected chi connectivity index (χ4v) is 2.05. The van der Waals surface area contributed by atoms with Crippen molar-refractivity contribution in [2.75, 3.05) is 5.32 Å². The minimum atomic E-state index is 0.355. The number of aromatic nitrogens is 2. The molecule has 1 N–H and O–H groups in total. The highest BCUT2D eigenvalue weighted by atomic mass is 15.1. The molecule has 0 bridgehead atoms. The summed E-state index contributed by atoms with van der Waals surface area (Å²) in [4.78, 5) is 8.63. The van der Waals surface area contributed by atoms with Crippen LogP contribution >= 0.6 is 0 Å². The third-order valence-corrected chi connectivity index (χ3v) is 3.01. The summed E-state index contributed by atoms with van der Waals surface area (Å²) in [5.74, 6) is 0.669. The molecule has 0 saturated heterocycles. The van der Waals surface area contributed by atoms with Crippen molar-refractivity contribution in [2.24, 2.45) is 0 Å². The number of rotatable bonds is 3. The Morgan fingerprint density at radius 2 is 2.25 bits per heavy atom. The van der Waals surface area contributed by atoms with Crippen LogP contribution in [0.15, 0.2) is 6.20 Å². The monoisotopic (exact) mass is 216 g/mol. The van der Waals surface area contributed by atoms with Crippen LogP contribution in [-0.4, -0.2) is 16.0 Å². The van der Waals surface area contributed by atoms with Gasteiger partial charge in [0.2, 0.25) is 5.95 Å². The van der Waals surface area contributed by atoms with Gasteiger partial charge in [-0.05, 0) is 25.3 Å². The smallest absolute Gasteiger partial charge is 0.223 e. The standard InChI is InChI=1S/C12H16N4/c1-9-8-14-12(16-11(9)6-7-13)15-10-4-2-3-5-10/h8,10H,2-6H2,1H3,(H,14,15,16). The lowest BCUT2D eigenvalue weighted by Crippen LogP contribution is -2.17. The Morgan fingerprint density at radius 1 is 1.50 bits per heavy atom. The molecule has 1 aliphatic rings. The van der Waals surface area contributed by atoms with Crippen molar-refractivity contribution in [3.8, 4) is 6.07 Å². The lowest BCUT2D eigenvalue weighted by atomic mass is 10.2. The number of nitrogens with one attached hydrogen (secondary N) is 1. The Labute approximate surface area is 95.7 Å². The zero-order valence-electron chi connectivity index (χ0n) is 9.53. The van der Waals surface area contributed by atoms with Crippen molar-refractivity contribution in [1.29, 1.82) is 5.26 Å². The minimum Gasteiger partial charge on any atom is -0.351 e. The molecule has 1 saturated carbocycles. The summed E-state index contributed by atoms with van der Waals surface area (Å²) >= 11 is 0. The van der Waals surface area contributed by atoms with Gasteiger partial charge in [0, 0.05) is 12.2 Å². The third kappa shape index (κ3) is 2.48. The Kier molecular flexibility index (Phi) is 3.35. The molecule has 2 rings (SSSR count). The highest BCUT2D eigenvalue weighted by Gasteiger charge is 2.15. The van der Waals surface area contributed by atoms with Gasteiger partial charge in [-0.15, -0.1) is 0 Å². The average Bonchev–Trinajstić information content (AvgIpc) is 2.76. The molecule has 0 aromatic carbocycles. The first-order valence-electron chi connectivity index (χ1n) is 5.75. The van der Waals surface area contributed by atoms with Crippen LogP contribution in [0.4, 0.5) is 5.95 Å². The van der Waals surface area contributed by atoms with E-state index in [1.165, 1.54) is 25.7 Å². The number of aryl methyl sites for hydroxylation is 1. The first kappa shape index (κ1) is 10.9. The van der Waals surface area contributed by atoms with E-state index in [2.05, 4.69) is 21.4 Å². The van der Waals surface area contributed by atoms with Crippen LogP contribution in [-0.2, 0) is 6.42 Å².